The van der Waals surface area contributed by atoms with E-state index in [1.165, 1.54) is 22.4 Å². The van der Waals surface area contributed by atoms with Gasteiger partial charge in [0.2, 0.25) is 17.7 Å². The summed E-state index contributed by atoms with van der Waals surface area (Å²) in [5.41, 5.74) is 1.30. The van der Waals surface area contributed by atoms with Gasteiger partial charge in [-0.3, -0.25) is 19.3 Å². The van der Waals surface area contributed by atoms with Crippen molar-refractivity contribution in [2.75, 3.05) is 32.7 Å². The van der Waals surface area contributed by atoms with E-state index in [1.54, 1.807) is 4.90 Å². The third-order valence-corrected chi connectivity index (χ3v) is 7.94. The molecule has 0 spiro atoms. The van der Waals surface area contributed by atoms with Gasteiger partial charge in [0.25, 0.3) is 0 Å². The zero-order valence-electron chi connectivity index (χ0n) is 22.5. The molecule has 4 rings (SSSR count). The number of nitrogens with zero attached hydrogens (tertiary/aromatic N) is 2. The summed E-state index contributed by atoms with van der Waals surface area (Å²) < 4.78 is 0. The zero-order valence-corrected chi connectivity index (χ0v) is 22.5. The molecule has 1 heterocycles. The number of carbonyl (C=O) groups is 4. The fourth-order valence-corrected chi connectivity index (χ4v) is 5.46. The number of carboxylic acids is 1. The lowest BCUT2D eigenvalue weighted by atomic mass is 9.83. The second-order valence-corrected chi connectivity index (χ2v) is 10.4. The van der Waals surface area contributed by atoms with Gasteiger partial charge in [0.05, 0.1) is 13.1 Å². The highest BCUT2D eigenvalue weighted by atomic mass is 16.4. The number of amides is 3. The lowest BCUT2D eigenvalue weighted by molar-refractivity contribution is -0.145. The quantitative estimate of drug-likeness (QED) is 0.382. The van der Waals surface area contributed by atoms with Crippen LogP contribution in [0.15, 0.2) is 54.6 Å². The summed E-state index contributed by atoms with van der Waals surface area (Å²) >= 11 is 0. The van der Waals surface area contributed by atoms with E-state index in [1.807, 2.05) is 0 Å². The maximum Gasteiger partial charge on any atom is 0.328 e. The Morgan fingerprint density at radius 1 is 1.00 bits per heavy atom. The largest absolute Gasteiger partial charge is 0.478 e. The van der Waals surface area contributed by atoms with Crippen LogP contribution in [0.1, 0.15) is 50.6 Å². The first-order valence-corrected chi connectivity index (χ1v) is 13.8. The van der Waals surface area contributed by atoms with Crippen LogP contribution in [-0.4, -0.2) is 77.4 Å². The van der Waals surface area contributed by atoms with Crippen LogP contribution in [0.2, 0.25) is 0 Å². The molecule has 1 aliphatic heterocycles. The van der Waals surface area contributed by atoms with Crippen LogP contribution >= 0.6 is 0 Å². The Morgan fingerprint density at radius 3 is 2.41 bits per heavy atom. The van der Waals surface area contributed by atoms with Gasteiger partial charge in [-0.2, -0.15) is 0 Å². The molecule has 1 aliphatic carbocycles. The number of hydrogen-bond donors (Lipinski definition) is 3. The van der Waals surface area contributed by atoms with Crippen molar-refractivity contribution < 1.29 is 24.3 Å². The highest BCUT2D eigenvalue weighted by molar-refractivity contribution is 5.89. The van der Waals surface area contributed by atoms with Crippen molar-refractivity contribution in [1.82, 2.24) is 20.4 Å². The molecule has 1 saturated heterocycles. The van der Waals surface area contributed by atoms with Gasteiger partial charge in [-0.25, -0.2) is 4.79 Å². The molecule has 1 unspecified atom stereocenters. The highest BCUT2D eigenvalue weighted by Gasteiger charge is 2.36. The maximum atomic E-state index is 13.3. The first-order chi connectivity index (χ1) is 18.8. The Kier molecular flexibility index (Phi) is 9.70. The van der Waals surface area contributed by atoms with Gasteiger partial charge in [-0.1, -0.05) is 55.0 Å². The molecule has 2 aromatic carbocycles. The number of carbonyl (C=O) groups excluding carboxylic acids is 3. The molecule has 0 bridgehead atoms. The summed E-state index contributed by atoms with van der Waals surface area (Å²) in [6, 6.07) is 15.1. The molecule has 2 aromatic rings. The summed E-state index contributed by atoms with van der Waals surface area (Å²) in [6.07, 6.45) is 6.59. The minimum absolute atomic E-state index is 0.0187. The number of piperidine rings is 1. The zero-order chi connectivity index (χ0) is 27.8. The minimum Gasteiger partial charge on any atom is -0.478 e. The number of rotatable bonds is 11. The van der Waals surface area contributed by atoms with Gasteiger partial charge < -0.3 is 20.6 Å². The highest BCUT2D eigenvalue weighted by Crippen LogP contribution is 2.33. The smallest absolute Gasteiger partial charge is 0.328 e. The maximum absolute atomic E-state index is 13.3. The standard InChI is InChI=1S/C30H38N4O5/c1-21(25-12-5-8-22-7-2-3-11-26(22)25)33-17-14-24(15-18-33)34(30(39)23-9-4-10-23)20-28(36)32-19-27(35)31-16-6-13-29(37)38/h2-3,5-8,11-13,21,23-24H,4,9-10,14-20H2,1H3,(H,31,35)(H,32,36)(H,37,38)/b13-6+. The SMILES string of the molecule is CC(c1cccc2ccccc12)N1CCC(N(CC(=O)NCC(=O)NC/C=C/C(=O)O)C(=O)C2CCC2)CC1. The Hall–Kier alpha value is -3.72. The Balaban J connectivity index is 1.33. The van der Waals surface area contributed by atoms with Gasteiger partial charge in [0.1, 0.15) is 0 Å². The van der Waals surface area contributed by atoms with E-state index < -0.39 is 11.9 Å². The lowest BCUT2D eigenvalue weighted by Gasteiger charge is -2.42. The van der Waals surface area contributed by atoms with Crippen molar-refractivity contribution >= 4 is 34.5 Å². The van der Waals surface area contributed by atoms with Crippen LogP contribution in [0.4, 0.5) is 0 Å². The number of aliphatic carboxylic acids is 1. The van der Waals surface area contributed by atoms with E-state index in [0.717, 1.165) is 51.3 Å². The second kappa shape index (κ2) is 13.4. The third-order valence-electron chi connectivity index (χ3n) is 7.94. The van der Waals surface area contributed by atoms with Crippen LogP contribution in [0.5, 0.6) is 0 Å². The predicted molar refractivity (Wildman–Crippen MR) is 149 cm³/mol. The van der Waals surface area contributed by atoms with E-state index in [-0.39, 0.29) is 49.5 Å². The van der Waals surface area contributed by atoms with E-state index in [0.29, 0.717) is 0 Å². The molecule has 2 fully saturated rings. The molecule has 9 heteroatoms. The van der Waals surface area contributed by atoms with E-state index in [4.69, 9.17) is 5.11 Å². The molecule has 0 aromatic heterocycles. The fraction of sp³-hybridized carbons (Fsp3) is 0.467. The van der Waals surface area contributed by atoms with Crippen molar-refractivity contribution in [3.8, 4) is 0 Å². The summed E-state index contributed by atoms with van der Waals surface area (Å²) in [6.45, 7) is 3.66. The Bertz CT molecular complexity index is 1210. The van der Waals surface area contributed by atoms with E-state index in [9.17, 15) is 19.2 Å². The van der Waals surface area contributed by atoms with Crippen LogP contribution in [-0.2, 0) is 19.2 Å². The molecule has 0 radical (unpaired) electrons. The van der Waals surface area contributed by atoms with E-state index in [2.05, 4.69) is 64.9 Å². The summed E-state index contributed by atoms with van der Waals surface area (Å²) in [7, 11) is 0. The van der Waals surface area contributed by atoms with Crippen LogP contribution < -0.4 is 10.6 Å². The molecular weight excluding hydrogens is 496 g/mol. The van der Waals surface area contributed by atoms with Crippen molar-refractivity contribution in [2.45, 2.75) is 51.1 Å². The molecule has 1 saturated carbocycles. The predicted octanol–water partition coefficient (Wildman–Crippen LogP) is 2.87. The molecule has 1 atom stereocenters. The number of hydrogen-bond acceptors (Lipinski definition) is 5. The second-order valence-electron chi connectivity index (χ2n) is 10.4. The van der Waals surface area contributed by atoms with Crippen molar-refractivity contribution in [3.63, 3.8) is 0 Å². The van der Waals surface area contributed by atoms with E-state index >= 15 is 0 Å². The van der Waals surface area contributed by atoms with Gasteiger partial charge in [-0.05, 0) is 48.9 Å². The number of nitrogens with one attached hydrogen (secondary N) is 2. The molecule has 9 nitrogen and oxygen atoms in total. The normalized spacial score (nSPS) is 17.5. The summed E-state index contributed by atoms with van der Waals surface area (Å²) in [5, 5.41) is 16.2. The topological polar surface area (TPSA) is 119 Å². The lowest BCUT2D eigenvalue weighted by Crippen LogP contribution is -2.53. The molecular formula is C30H38N4O5. The monoisotopic (exact) mass is 534 g/mol. The number of likely N-dealkylation sites (tertiary alicyclic amines) is 1. The van der Waals surface area contributed by atoms with Gasteiger partial charge in [0.15, 0.2) is 0 Å². The number of benzene rings is 2. The number of carboxylic acid groups (broad SMARTS) is 1. The minimum atomic E-state index is -1.09. The summed E-state index contributed by atoms with van der Waals surface area (Å²) in [5.74, 6) is -1.87. The number of fused-ring (bicyclic) bond motifs is 1. The Labute approximate surface area is 229 Å². The van der Waals surface area contributed by atoms with Gasteiger partial charge in [-0.15, -0.1) is 0 Å². The molecule has 208 valence electrons. The molecule has 2 aliphatic rings. The third kappa shape index (κ3) is 7.44. The van der Waals surface area contributed by atoms with Gasteiger partial charge in [0, 0.05) is 43.7 Å². The van der Waals surface area contributed by atoms with Crippen molar-refractivity contribution in [3.05, 3.63) is 60.2 Å². The summed E-state index contributed by atoms with van der Waals surface area (Å²) in [4.78, 5) is 52.7. The average molecular weight is 535 g/mol. The van der Waals surface area contributed by atoms with Crippen LogP contribution in [0.3, 0.4) is 0 Å². The Morgan fingerprint density at radius 2 is 1.72 bits per heavy atom. The molecule has 39 heavy (non-hydrogen) atoms. The van der Waals surface area contributed by atoms with Crippen molar-refractivity contribution in [2.24, 2.45) is 5.92 Å². The molecule has 3 amide bonds. The van der Waals surface area contributed by atoms with Crippen LogP contribution in [0.25, 0.3) is 10.8 Å². The van der Waals surface area contributed by atoms with Crippen LogP contribution in [0, 0.1) is 5.92 Å². The molecule has 3 N–H and O–H groups in total. The van der Waals surface area contributed by atoms with Crippen molar-refractivity contribution in [1.29, 1.82) is 0 Å². The fourth-order valence-electron chi connectivity index (χ4n) is 5.46. The van der Waals surface area contributed by atoms with Gasteiger partial charge >= 0.3 is 5.97 Å². The first kappa shape index (κ1) is 28.3. The average Bonchev–Trinajstić information content (AvgIpc) is 2.91. The first-order valence-electron chi connectivity index (χ1n) is 13.8.